The molecule has 6 nitrogen and oxygen atoms in total. The minimum Gasteiger partial charge on any atom is -0.480 e. The molecule has 0 aliphatic carbocycles. The first-order chi connectivity index (χ1) is 13.4. The normalized spacial score (nSPS) is 13.0. The van der Waals surface area contributed by atoms with Crippen LogP contribution in [0.1, 0.15) is 16.7 Å². The number of hydrogen-bond donors (Lipinski definition) is 4. The summed E-state index contributed by atoms with van der Waals surface area (Å²) >= 11 is 0. The molecule has 0 amide bonds. The first-order valence-corrected chi connectivity index (χ1v) is 8.27. The number of aliphatic carboxylic acids is 2. The van der Waals surface area contributed by atoms with Gasteiger partial charge in [0.05, 0.1) is 5.56 Å². The second-order valence-corrected chi connectivity index (χ2v) is 6.12. The number of carboxylic acids is 2. The van der Waals surface area contributed by atoms with Gasteiger partial charge in [0.1, 0.15) is 17.9 Å². The largest absolute Gasteiger partial charge is 0.480 e. The minimum absolute atomic E-state index is 0.00741. The van der Waals surface area contributed by atoms with E-state index in [-0.39, 0.29) is 18.7 Å². The molecule has 2 atom stereocenters. The van der Waals surface area contributed by atoms with E-state index in [2.05, 4.69) is 0 Å². The zero-order chi connectivity index (χ0) is 22.2. The van der Waals surface area contributed by atoms with Gasteiger partial charge in [-0.15, -0.1) is 0 Å². The molecular weight excluding hydrogens is 396 g/mol. The molecule has 10 heteroatoms. The summed E-state index contributed by atoms with van der Waals surface area (Å²) in [6, 6.07) is 7.86. The lowest BCUT2D eigenvalue weighted by Gasteiger charge is -2.09. The predicted octanol–water partition coefficient (Wildman–Crippen LogP) is 2.44. The molecule has 0 saturated heterocycles. The highest BCUT2D eigenvalue weighted by Crippen LogP contribution is 2.29. The molecule has 29 heavy (non-hydrogen) atoms. The lowest BCUT2D eigenvalue weighted by Crippen LogP contribution is -2.32. The van der Waals surface area contributed by atoms with Gasteiger partial charge in [0, 0.05) is 0 Å². The smallest absolute Gasteiger partial charge is 0.416 e. The molecule has 6 N–H and O–H groups in total. The van der Waals surface area contributed by atoms with Crippen LogP contribution in [-0.4, -0.2) is 34.2 Å². The molecule has 0 aliphatic rings. The fraction of sp³-hybridized carbons (Fsp3) is 0.263. The van der Waals surface area contributed by atoms with Crippen LogP contribution in [-0.2, 0) is 28.6 Å². The highest BCUT2D eigenvalue weighted by Gasteiger charge is 2.30. The minimum atomic E-state index is -4.38. The molecule has 0 spiro atoms. The summed E-state index contributed by atoms with van der Waals surface area (Å²) < 4.78 is 49.0. The van der Waals surface area contributed by atoms with Crippen LogP contribution < -0.4 is 11.5 Å². The summed E-state index contributed by atoms with van der Waals surface area (Å²) in [5.74, 6) is -2.57. The molecule has 0 fully saturated rings. The first kappa shape index (κ1) is 24.1. The quantitative estimate of drug-likeness (QED) is 0.536. The van der Waals surface area contributed by atoms with Crippen molar-refractivity contribution in [1.82, 2.24) is 0 Å². The molecule has 0 heterocycles. The maximum Gasteiger partial charge on any atom is 0.416 e. The van der Waals surface area contributed by atoms with Crippen molar-refractivity contribution in [3.8, 4) is 0 Å². The van der Waals surface area contributed by atoms with Crippen molar-refractivity contribution in [3.63, 3.8) is 0 Å². The van der Waals surface area contributed by atoms with Gasteiger partial charge in [-0.1, -0.05) is 24.3 Å². The third-order valence-electron chi connectivity index (χ3n) is 3.74. The van der Waals surface area contributed by atoms with Gasteiger partial charge in [0.2, 0.25) is 0 Å². The standard InChI is InChI=1S/C10H10F3NO2.C9H10FNO2/c11-10(12,13)7-3-1-6(2-4-7)5-8(14)9(15)16;10-7-3-1-6(2-4-7)5-8(11)9(12)13/h1-4,8H,5,14H2,(H,15,16);1-4,8H,5,11H2,(H,12,13)/t2*8-/m00/s1. The van der Waals surface area contributed by atoms with Crippen LogP contribution in [0.4, 0.5) is 17.6 Å². The number of halogens is 4. The zero-order valence-electron chi connectivity index (χ0n) is 15.1. The Morgan fingerprint density at radius 2 is 1.14 bits per heavy atom. The third kappa shape index (κ3) is 8.71. The van der Waals surface area contributed by atoms with Crippen LogP contribution in [0.3, 0.4) is 0 Å². The highest BCUT2D eigenvalue weighted by atomic mass is 19.4. The number of benzene rings is 2. The summed E-state index contributed by atoms with van der Waals surface area (Å²) in [6.07, 6.45) is -4.16. The number of carboxylic acid groups (broad SMARTS) is 2. The van der Waals surface area contributed by atoms with Crippen LogP contribution in [0.5, 0.6) is 0 Å². The fourth-order valence-corrected chi connectivity index (χ4v) is 2.13. The SMILES string of the molecule is N[C@@H](Cc1ccc(C(F)(F)F)cc1)C(=O)O.N[C@@H](Cc1ccc(F)cc1)C(=O)O. The van der Waals surface area contributed by atoms with Crippen molar-refractivity contribution >= 4 is 11.9 Å². The van der Waals surface area contributed by atoms with Crippen molar-refractivity contribution < 1.29 is 37.4 Å². The Balaban J connectivity index is 0.000000296. The molecule has 2 aromatic carbocycles. The van der Waals surface area contributed by atoms with Gasteiger partial charge in [-0.2, -0.15) is 13.2 Å². The number of nitrogens with two attached hydrogens (primary N) is 2. The van der Waals surface area contributed by atoms with E-state index in [1.165, 1.54) is 36.4 Å². The Morgan fingerprint density at radius 3 is 1.45 bits per heavy atom. The topological polar surface area (TPSA) is 127 Å². The van der Waals surface area contributed by atoms with Gasteiger partial charge in [-0.3, -0.25) is 9.59 Å². The molecule has 0 aliphatic heterocycles. The summed E-state index contributed by atoms with van der Waals surface area (Å²) in [4.78, 5) is 20.8. The van der Waals surface area contributed by atoms with E-state index in [4.69, 9.17) is 21.7 Å². The Bertz CT molecular complexity index is 808. The van der Waals surface area contributed by atoms with Gasteiger partial charge in [0.25, 0.3) is 0 Å². The van der Waals surface area contributed by atoms with Crippen LogP contribution in [0.15, 0.2) is 48.5 Å². The molecule has 0 bridgehead atoms. The molecule has 0 unspecified atom stereocenters. The van der Waals surface area contributed by atoms with Crippen LogP contribution >= 0.6 is 0 Å². The van der Waals surface area contributed by atoms with Gasteiger partial charge in [0.15, 0.2) is 0 Å². The molecule has 158 valence electrons. The molecule has 2 aromatic rings. The van der Waals surface area contributed by atoms with E-state index in [1.54, 1.807) is 0 Å². The summed E-state index contributed by atoms with van der Waals surface area (Å²) in [6.45, 7) is 0. The second-order valence-electron chi connectivity index (χ2n) is 6.12. The van der Waals surface area contributed by atoms with E-state index in [1.807, 2.05) is 0 Å². The predicted molar refractivity (Wildman–Crippen MR) is 96.5 cm³/mol. The zero-order valence-corrected chi connectivity index (χ0v) is 15.1. The Morgan fingerprint density at radius 1 is 0.793 bits per heavy atom. The van der Waals surface area contributed by atoms with E-state index >= 15 is 0 Å². The number of alkyl halides is 3. The lowest BCUT2D eigenvalue weighted by molar-refractivity contribution is -0.139. The summed E-state index contributed by atoms with van der Waals surface area (Å²) in [5, 5.41) is 17.0. The molecular formula is C19H20F4N2O4. The van der Waals surface area contributed by atoms with Crippen LogP contribution in [0.2, 0.25) is 0 Å². The van der Waals surface area contributed by atoms with Crippen molar-refractivity contribution in [2.24, 2.45) is 11.5 Å². The van der Waals surface area contributed by atoms with E-state index in [0.29, 0.717) is 5.56 Å². The Hall–Kier alpha value is -2.98. The lowest BCUT2D eigenvalue weighted by atomic mass is 10.0. The first-order valence-electron chi connectivity index (χ1n) is 8.27. The van der Waals surface area contributed by atoms with Crippen molar-refractivity contribution in [2.45, 2.75) is 31.1 Å². The Kier molecular flexibility index (Phi) is 8.74. The van der Waals surface area contributed by atoms with Crippen LogP contribution in [0, 0.1) is 5.82 Å². The third-order valence-corrected chi connectivity index (χ3v) is 3.74. The highest BCUT2D eigenvalue weighted by molar-refractivity contribution is 5.73. The van der Waals surface area contributed by atoms with Crippen LogP contribution in [0.25, 0.3) is 0 Å². The molecule has 2 rings (SSSR count). The van der Waals surface area contributed by atoms with E-state index in [0.717, 1.165) is 17.7 Å². The van der Waals surface area contributed by atoms with Gasteiger partial charge >= 0.3 is 18.1 Å². The van der Waals surface area contributed by atoms with Gasteiger partial charge < -0.3 is 21.7 Å². The maximum atomic E-state index is 12.4. The Labute approximate surface area is 163 Å². The average molecular weight is 416 g/mol. The molecule has 0 radical (unpaired) electrons. The summed E-state index contributed by atoms with van der Waals surface area (Å²) in [7, 11) is 0. The number of carbonyl (C=O) groups is 2. The second kappa shape index (κ2) is 10.5. The van der Waals surface area contributed by atoms with Crippen molar-refractivity contribution in [1.29, 1.82) is 0 Å². The van der Waals surface area contributed by atoms with Crippen molar-refractivity contribution in [2.75, 3.05) is 0 Å². The monoisotopic (exact) mass is 416 g/mol. The van der Waals surface area contributed by atoms with E-state index in [9.17, 15) is 27.2 Å². The van der Waals surface area contributed by atoms with Gasteiger partial charge in [-0.25, -0.2) is 4.39 Å². The van der Waals surface area contributed by atoms with Gasteiger partial charge in [-0.05, 0) is 48.2 Å². The molecule has 0 aromatic heterocycles. The number of rotatable bonds is 6. The molecule has 0 saturated carbocycles. The van der Waals surface area contributed by atoms with Crippen molar-refractivity contribution in [3.05, 3.63) is 71.0 Å². The fourth-order valence-electron chi connectivity index (χ4n) is 2.13. The summed E-state index contributed by atoms with van der Waals surface area (Å²) in [5.41, 5.74) is 11.0. The van der Waals surface area contributed by atoms with E-state index < -0.39 is 35.8 Å². The maximum absolute atomic E-state index is 12.4. The average Bonchev–Trinajstić information content (AvgIpc) is 2.63. The number of hydrogen-bond acceptors (Lipinski definition) is 4.